The van der Waals surface area contributed by atoms with Crippen LogP contribution in [0.25, 0.3) is 0 Å². The van der Waals surface area contributed by atoms with Crippen LogP contribution < -0.4 is 15.4 Å². The number of para-hydroxylation sites is 1. The van der Waals surface area contributed by atoms with E-state index in [9.17, 15) is 22.8 Å². The van der Waals surface area contributed by atoms with Crippen LogP contribution in [0, 0.1) is 0 Å². The monoisotopic (exact) mass is 435 g/mol. The fourth-order valence-corrected chi connectivity index (χ4v) is 3.00. The van der Waals surface area contributed by atoms with E-state index in [2.05, 4.69) is 10.3 Å². The predicted octanol–water partition coefficient (Wildman–Crippen LogP) is 4.27. The average Bonchev–Trinajstić information content (AvgIpc) is 3.24. The summed E-state index contributed by atoms with van der Waals surface area (Å²) in [4.78, 5) is 28.8. The molecule has 0 spiro atoms. The Morgan fingerprint density at radius 1 is 1.07 bits per heavy atom. The topological polar surface area (TPSA) is 80.3 Å². The van der Waals surface area contributed by atoms with Gasteiger partial charge in [-0.3, -0.25) is 9.59 Å². The molecule has 0 atom stereocenters. The third-order valence-corrected chi connectivity index (χ3v) is 4.47. The third-order valence-electron chi connectivity index (χ3n) is 3.84. The summed E-state index contributed by atoms with van der Waals surface area (Å²) in [5.41, 5.74) is 2.72. The number of nitrogens with zero attached hydrogens (tertiary/aromatic N) is 1. The van der Waals surface area contributed by atoms with Crippen LogP contribution in [-0.4, -0.2) is 29.5 Å². The molecule has 2 amide bonds. The van der Waals surface area contributed by atoms with Crippen LogP contribution >= 0.6 is 11.3 Å². The molecule has 3 aromatic rings. The molecule has 0 radical (unpaired) electrons. The molecule has 1 aromatic heterocycles. The number of alkyl halides is 3. The maximum atomic E-state index is 12.6. The van der Waals surface area contributed by atoms with Gasteiger partial charge in [0.15, 0.2) is 0 Å². The molecule has 0 fully saturated rings. The summed E-state index contributed by atoms with van der Waals surface area (Å²) in [6.07, 6.45) is -4.53. The van der Waals surface area contributed by atoms with E-state index in [4.69, 9.17) is 4.74 Å². The Morgan fingerprint density at radius 3 is 2.60 bits per heavy atom. The van der Waals surface area contributed by atoms with Gasteiger partial charge >= 0.3 is 6.18 Å². The van der Waals surface area contributed by atoms with Crippen LogP contribution in [0.15, 0.2) is 59.4 Å². The summed E-state index contributed by atoms with van der Waals surface area (Å²) in [5, 5.41) is 6.19. The molecule has 0 aliphatic heterocycles. The minimum Gasteiger partial charge on any atom is -0.487 e. The van der Waals surface area contributed by atoms with Crippen molar-refractivity contribution in [1.82, 2.24) is 10.3 Å². The van der Waals surface area contributed by atoms with Crippen molar-refractivity contribution in [3.05, 3.63) is 76.2 Å². The molecule has 1 heterocycles. The maximum Gasteiger partial charge on any atom is 0.405 e. The van der Waals surface area contributed by atoms with E-state index in [1.165, 1.54) is 35.6 Å². The second kappa shape index (κ2) is 9.40. The molecule has 10 heteroatoms. The number of hydrogen-bond acceptors (Lipinski definition) is 5. The van der Waals surface area contributed by atoms with Crippen LogP contribution in [0.4, 0.5) is 18.9 Å². The molecule has 0 unspecified atom stereocenters. The van der Waals surface area contributed by atoms with Crippen LogP contribution in [0.5, 0.6) is 5.75 Å². The van der Waals surface area contributed by atoms with E-state index in [0.29, 0.717) is 5.75 Å². The second-order valence-corrected chi connectivity index (χ2v) is 6.81. The molecule has 0 saturated heterocycles. The van der Waals surface area contributed by atoms with Gasteiger partial charge in [-0.1, -0.05) is 18.2 Å². The van der Waals surface area contributed by atoms with Gasteiger partial charge in [0.05, 0.1) is 22.5 Å². The molecular formula is C20H16F3N3O3S. The molecule has 2 aromatic carbocycles. The third kappa shape index (κ3) is 6.05. The normalized spacial score (nSPS) is 11.0. The highest BCUT2D eigenvalue weighted by molar-refractivity contribution is 7.07. The number of anilines is 1. The summed E-state index contributed by atoms with van der Waals surface area (Å²) < 4.78 is 42.7. The molecule has 6 nitrogen and oxygen atoms in total. The van der Waals surface area contributed by atoms with E-state index >= 15 is 0 Å². The molecule has 3 rings (SSSR count). The number of aromatic nitrogens is 1. The lowest BCUT2D eigenvalue weighted by Crippen LogP contribution is -2.34. The molecule has 30 heavy (non-hydrogen) atoms. The standard InChI is InChI=1S/C20H16F3N3O3S/c21-20(22,23)11-24-19(28)16-6-1-2-7-17(16)26-18(27)13-4-3-5-15(8-13)29-9-14-10-30-12-25-14/h1-8,10,12H,9,11H2,(H,24,28)(H,26,27). The summed E-state index contributed by atoms with van der Waals surface area (Å²) in [6.45, 7) is -1.22. The SMILES string of the molecule is O=C(Nc1ccccc1C(=O)NCC(F)(F)F)c1cccc(OCc2cscn2)c1. The zero-order chi connectivity index (χ0) is 21.6. The van der Waals surface area contributed by atoms with E-state index in [1.54, 1.807) is 35.1 Å². The Balaban J connectivity index is 1.69. The molecule has 0 aliphatic rings. The van der Waals surface area contributed by atoms with Gasteiger partial charge in [-0.05, 0) is 30.3 Å². The van der Waals surface area contributed by atoms with Gasteiger partial charge in [-0.15, -0.1) is 11.3 Å². The summed E-state index contributed by atoms with van der Waals surface area (Å²) in [6, 6.07) is 12.2. The van der Waals surface area contributed by atoms with Crippen LogP contribution in [-0.2, 0) is 6.61 Å². The number of carbonyl (C=O) groups excluding carboxylic acids is 2. The first kappa shape index (κ1) is 21.3. The zero-order valence-electron chi connectivity index (χ0n) is 15.4. The largest absolute Gasteiger partial charge is 0.487 e. The lowest BCUT2D eigenvalue weighted by atomic mass is 10.1. The van der Waals surface area contributed by atoms with Crippen molar-refractivity contribution in [2.75, 3.05) is 11.9 Å². The zero-order valence-corrected chi connectivity index (χ0v) is 16.2. The number of halogens is 3. The molecule has 0 bridgehead atoms. The van der Waals surface area contributed by atoms with Crippen LogP contribution in [0.2, 0.25) is 0 Å². The molecule has 0 aliphatic carbocycles. The highest BCUT2D eigenvalue weighted by Gasteiger charge is 2.28. The maximum absolute atomic E-state index is 12.6. The van der Waals surface area contributed by atoms with Crippen molar-refractivity contribution in [2.24, 2.45) is 0 Å². The quantitative estimate of drug-likeness (QED) is 0.581. The first-order chi connectivity index (χ1) is 14.3. The fraction of sp³-hybridized carbons (Fsp3) is 0.150. The Hall–Kier alpha value is -3.40. The molecule has 156 valence electrons. The van der Waals surface area contributed by atoms with E-state index < -0.39 is 24.5 Å². The van der Waals surface area contributed by atoms with Crippen molar-refractivity contribution in [2.45, 2.75) is 12.8 Å². The van der Waals surface area contributed by atoms with Crippen LogP contribution in [0.3, 0.4) is 0 Å². The summed E-state index contributed by atoms with van der Waals surface area (Å²) >= 11 is 1.44. The number of rotatable bonds is 7. The number of nitrogens with one attached hydrogen (secondary N) is 2. The van der Waals surface area contributed by atoms with Crippen molar-refractivity contribution < 1.29 is 27.5 Å². The number of amides is 2. The Bertz CT molecular complexity index is 1020. The predicted molar refractivity (Wildman–Crippen MR) is 106 cm³/mol. The number of benzene rings is 2. The molecule has 0 saturated carbocycles. The van der Waals surface area contributed by atoms with Crippen molar-refractivity contribution in [1.29, 1.82) is 0 Å². The van der Waals surface area contributed by atoms with Gasteiger partial charge in [0.1, 0.15) is 18.9 Å². The minimum atomic E-state index is -4.53. The smallest absolute Gasteiger partial charge is 0.405 e. The second-order valence-electron chi connectivity index (χ2n) is 6.09. The van der Waals surface area contributed by atoms with E-state index in [-0.39, 0.29) is 23.4 Å². The van der Waals surface area contributed by atoms with Gasteiger partial charge in [0.2, 0.25) is 0 Å². The van der Waals surface area contributed by atoms with E-state index in [0.717, 1.165) is 5.69 Å². The number of thiazole rings is 1. The van der Waals surface area contributed by atoms with Gasteiger partial charge in [-0.25, -0.2) is 4.98 Å². The van der Waals surface area contributed by atoms with Crippen molar-refractivity contribution in [3.63, 3.8) is 0 Å². The Kier molecular flexibility index (Phi) is 6.68. The minimum absolute atomic E-state index is 0.0777. The Morgan fingerprint density at radius 2 is 1.87 bits per heavy atom. The highest BCUT2D eigenvalue weighted by atomic mass is 32.1. The van der Waals surface area contributed by atoms with E-state index in [1.807, 2.05) is 5.38 Å². The first-order valence-corrected chi connectivity index (χ1v) is 9.61. The number of ether oxygens (including phenoxy) is 1. The van der Waals surface area contributed by atoms with Gasteiger partial charge in [-0.2, -0.15) is 13.2 Å². The summed E-state index contributed by atoms with van der Waals surface area (Å²) in [7, 11) is 0. The Labute approximate surface area is 173 Å². The average molecular weight is 435 g/mol. The lowest BCUT2D eigenvalue weighted by Gasteiger charge is -2.13. The van der Waals surface area contributed by atoms with Crippen molar-refractivity contribution >= 4 is 28.8 Å². The summed E-state index contributed by atoms with van der Waals surface area (Å²) in [5.74, 6) is -1.03. The van der Waals surface area contributed by atoms with Gasteiger partial charge in [0.25, 0.3) is 11.8 Å². The first-order valence-electron chi connectivity index (χ1n) is 8.67. The van der Waals surface area contributed by atoms with Gasteiger partial charge in [0, 0.05) is 10.9 Å². The molecule has 2 N–H and O–H groups in total. The highest BCUT2D eigenvalue weighted by Crippen LogP contribution is 2.20. The molecular weight excluding hydrogens is 419 g/mol. The fourth-order valence-electron chi connectivity index (χ4n) is 2.45. The number of carbonyl (C=O) groups is 2. The lowest BCUT2D eigenvalue weighted by molar-refractivity contribution is -0.123. The van der Waals surface area contributed by atoms with Crippen LogP contribution in [0.1, 0.15) is 26.4 Å². The number of hydrogen-bond donors (Lipinski definition) is 2. The van der Waals surface area contributed by atoms with Gasteiger partial charge < -0.3 is 15.4 Å². The van der Waals surface area contributed by atoms with Crippen molar-refractivity contribution in [3.8, 4) is 5.75 Å².